The van der Waals surface area contributed by atoms with Gasteiger partial charge >= 0.3 is 12.3 Å². The van der Waals surface area contributed by atoms with E-state index in [0.717, 1.165) is 0 Å². The lowest BCUT2D eigenvalue weighted by atomic mass is 10.3. The zero-order valence-electron chi connectivity index (χ0n) is 7.55. The van der Waals surface area contributed by atoms with Gasteiger partial charge in [0.2, 0.25) is 0 Å². The van der Waals surface area contributed by atoms with Gasteiger partial charge in [0.1, 0.15) is 11.6 Å². The average Bonchev–Trinajstić information content (AvgIpc) is 2.15. The van der Waals surface area contributed by atoms with Crippen LogP contribution in [0.2, 0.25) is 0 Å². The minimum atomic E-state index is -4.08. The summed E-state index contributed by atoms with van der Waals surface area (Å²) in [6, 6.07) is 4.29. The molecule has 3 nitrogen and oxygen atoms in total. The van der Waals surface area contributed by atoms with E-state index in [-0.39, 0.29) is 11.6 Å². The standard InChI is InChI=1S/C8H9F4N3/c9-7(10)8(11,12)4-14-6-3-1-2-5(13)15-6/h1-3,7H,4H2,(H3,13,14,15). The second-order valence-electron chi connectivity index (χ2n) is 2.86. The van der Waals surface area contributed by atoms with Gasteiger partial charge in [-0.05, 0) is 12.1 Å². The molecule has 15 heavy (non-hydrogen) atoms. The van der Waals surface area contributed by atoms with Gasteiger partial charge in [-0.25, -0.2) is 13.8 Å². The zero-order chi connectivity index (χ0) is 11.5. The van der Waals surface area contributed by atoms with Crippen molar-refractivity contribution >= 4 is 11.6 Å². The molecular formula is C8H9F4N3. The van der Waals surface area contributed by atoms with E-state index in [2.05, 4.69) is 10.3 Å². The predicted octanol–water partition coefficient (Wildman–Crippen LogP) is 1.98. The Morgan fingerprint density at radius 3 is 2.60 bits per heavy atom. The number of rotatable bonds is 4. The van der Waals surface area contributed by atoms with Crippen molar-refractivity contribution in [2.75, 3.05) is 17.6 Å². The number of hydrogen-bond acceptors (Lipinski definition) is 3. The molecular weight excluding hydrogens is 214 g/mol. The van der Waals surface area contributed by atoms with Crippen molar-refractivity contribution in [3.05, 3.63) is 18.2 Å². The van der Waals surface area contributed by atoms with Gasteiger partial charge in [0.25, 0.3) is 0 Å². The highest BCUT2D eigenvalue weighted by Gasteiger charge is 2.40. The minimum Gasteiger partial charge on any atom is -0.384 e. The van der Waals surface area contributed by atoms with E-state index >= 15 is 0 Å². The molecule has 3 N–H and O–H groups in total. The Hall–Kier alpha value is -1.53. The third-order valence-electron chi connectivity index (χ3n) is 1.60. The van der Waals surface area contributed by atoms with Crippen LogP contribution in [0, 0.1) is 0 Å². The second kappa shape index (κ2) is 4.33. The van der Waals surface area contributed by atoms with Crippen molar-refractivity contribution < 1.29 is 17.6 Å². The number of halogens is 4. The predicted molar refractivity (Wildman–Crippen MR) is 48.1 cm³/mol. The molecule has 0 fully saturated rings. The van der Waals surface area contributed by atoms with Crippen LogP contribution in [0.25, 0.3) is 0 Å². The molecule has 0 radical (unpaired) electrons. The number of anilines is 2. The smallest absolute Gasteiger partial charge is 0.324 e. The van der Waals surface area contributed by atoms with Crippen molar-refractivity contribution in [1.82, 2.24) is 4.98 Å². The van der Waals surface area contributed by atoms with Crippen molar-refractivity contribution in [2.24, 2.45) is 0 Å². The quantitative estimate of drug-likeness (QED) is 0.767. The number of aromatic nitrogens is 1. The van der Waals surface area contributed by atoms with Crippen molar-refractivity contribution in [2.45, 2.75) is 12.3 Å². The number of nitrogens with two attached hydrogens (primary N) is 1. The monoisotopic (exact) mass is 223 g/mol. The Labute approximate surface area is 83.3 Å². The Balaban J connectivity index is 2.57. The molecule has 0 aliphatic carbocycles. The number of nitrogens with one attached hydrogen (secondary N) is 1. The van der Waals surface area contributed by atoms with Gasteiger partial charge in [0.05, 0.1) is 6.54 Å². The first kappa shape index (κ1) is 11.5. The molecule has 0 atom stereocenters. The summed E-state index contributed by atoms with van der Waals surface area (Å²) in [5.41, 5.74) is 5.27. The zero-order valence-corrected chi connectivity index (χ0v) is 7.55. The van der Waals surface area contributed by atoms with E-state index in [1.54, 1.807) is 0 Å². The van der Waals surface area contributed by atoms with Crippen LogP contribution in [-0.2, 0) is 0 Å². The van der Waals surface area contributed by atoms with Gasteiger partial charge in [-0.2, -0.15) is 8.78 Å². The van der Waals surface area contributed by atoms with Crippen molar-refractivity contribution in [1.29, 1.82) is 0 Å². The first-order chi connectivity index (χ1) is 6.92. The second-order valence-corrected chi connectivity index (χ2v) is 2.86. The molecule has 1 rings (SSSR count). The summed E-state index contributed by atoms with van der Waals surface area (Å²) in [6.45, 7) is -1.18. The average molecular weight is 223 g/mol. The molecule has 0 spiro atoms. The highest BCUT2D eigenvalue weighted by atomic mass is 19.3. The molecule has 1 heterocycles. The molecule has 0 saturated carbocycles. The largest absolute Gasteiger partial charge is 0.384 e. The molecule has 0 aliphatic heterocycles. The summed E-state index contributed by atoms with van der Waals surface area (Å²) >= 11 is 0. The van der Waals surface area contributed by atoms with E-state index in [1.165, 1.54) is 18.2 Å². The fourth-order valence-electron chi connectivity index (χ4n) is 0.835. The first-order valence-corrected chi connectivity index (χ1v) is 4.04. The third kappa shape index (κ3) is 3.26. The fraction of sp³-hybridized carbons (Fsp3) is 0.375. The first-order valence-electron chi connectivity index (χ1n) is 4.04. The summed E-state index contributed by atoms with van der Waals surface area (Å²) in [6.07, 6.45) is -3.70. The molecule has 1 aromatic heterocycles. The van der Waals surface area contributed by atoms with Gasteiger partial charge in [-0.1, -0.05) is 6.07 Å². The number of nitrogens with zero attached hydrogens (tertiary/aromatic N) is 1. The van der Waals surface area contributed by atoms with E-state index in [4.69, 9.17) is 5.73 Å². The van der Waals surface area contributed by atoms with Crippen LogP contribution in [0.4, 0.5) is 29.2 Å². The third-order valence-corrected chi connectivity index (χ3v) is 1.60. The molecule has 0 saturated heterocycles. The van der Waals surface area contributed by atoms with Crippen LogP contribution in [0.1, 0.15) is 0 Å². The number of hydrogen-bond donors (Lipinski definition) is 2. The summed E-state index contributed by atoms with van der Waals surface area (Å²) < 4.78 is 48.4. The van der Waals surface area contributed by atoms with Crippen LogP contribution in [-0.4, -0.2) is 23.9 Å². The number of pyridine rings is 1. The lowest BCUT2D eigenvalue weighted by Crippen LogP contribution is -2.35. The van der Waals surface area contributed by atoms with Crippen LogP contribution < -0.4 is 11.1 Å². The maximum Gasteiger partial charge on any atom is 0.324 e. The molecule has 7 heteroatoms. The molecule has 0 unspecified atom stereocenters. The van der Waals surface area contributed by atoms with E-state index in [1.807, 2.05) is 0 Å². The Morgan fingerprint density at radius 1 is 1.40 bits per heavy atom. The SMILES string of the molecule is Nc1cccc(NCC(F)(F)C(F)F)n1. The highest BCUT2D eigenvalue weighted by molar-refractivity contribution is 5.42. The molecule has 0 amide bonds. The normalized spacial score (nSPS) is 11.8. The Kier molecular flexibility index (Phi) is 3.33. The van der Waals surface area contributed by atoms with Crippen LogP contribution >= 0.6 is 0 Å². The number of nitrogen functional groups attached to an aromatic ring is 1. The molecule has 0 bridgehead atoms. The van der Waals surface area contributed by atoms with Crippen LogP contribution in [0.3, 0.4) is 0 Å². The van der Waals surface area contributed by atoms with Crippen molar-refractivity contribution in [3.8, 4) is 0 Å². The van der Waals surface area contributed by atoms with Gasteiger partial charge in [0.15, 0.2) is 0 Å². The van der Waals surface area contributed by atoms with E-state index in [0.29, 0.717) is 0 Å². The lowest BCUT2D eigenvalue weighted by Gasteiger charge is -2.16. The molecule has 1 aromatic rings. The summed E-state index contributed by atoms with van der Waals surface area (Å²) in [7, 11) is 0. The Morgan fingerprint density at radius 2 is 2.07 bits per heavy atom. The number of alkyl halides is 4. The van der Waals surface area contributed by atoms with Crippen LogP contribution in [0.5, 0.6) is 0 Å². The highest BCUT2D eigenvalue weighted by Crippen LogP contribution is 2.22. The van der Waals surface area contributed by atoms with Crippen LogP contribution in [0.15, 0.2) is 18.2 Å². The topological polar surface area (TPSA) is 50.9 Å². The molecule has 84 valence electrons. The van der Waals surface area contributed by atoms with Gasteiger partial charge in [0, 0.05) is 0 Å². The maximum absolute atomic E-state index is 12.5. The van der Waals surface area contributed by atoms with Gasteiger partial charge in [-0.3, -0.25) is 0 Å². The molecule has 0 aromatic carbocycles. The summed E-state index contributed by atoms with van der Waals surface area (Å²) in [4.78, 5) is 3.62. The Bertz CT molecular complexity index is 329. The summed E-state index contributed by atoms with van der Waals surface area (Å²) in [5.74, 6) is -3.91. The van der Waals surface area contributed by atoms with E-state index < -0.39 is 18.9 Å². The summed E-state index contributed by atoms with van der Waals surface area (Å²) in [5, 5.41) is 2.09. The lowest BCUT2D eigenvalue weighted by molar-refractivity contribution is -0.117. The molecule has 0 aliphatic rings. The van der Waals surface area contributed by atoms with Gasteiger partial charge < -0.3 is 11.1 Å². The van der Waals surface area contributed by atoms with E-state index in [9.17, 15) is 17.6 Å². The fourth-order valence-corrected chi connectivity index (χ4v) is 0.835. The minimum absolute atomic E-state index is 0.0373. The van der Waals surface area contributed by atoms with Gasteiger partial charge in [-0.15, -0.1) is 0 Å². The maximum atomic E-state index is 12.5. The van der Waals surface area contributed by atoms with Crippen molar-refractivity contribution in [3.63, 3.8) is 0 Å².